The predicted molar refractivity (Wildman–Crippen MR) is 68.0 cm³/mol. The highest BCUT2D eigenvalue weighted by Gasteiger charge is 2.17. The van der Waals surface area contributed by atoms with E-state index in [9.17, 15) is 4.79 Å². The van der Waals surface area contributed by atoms with Gasteiger partial charge in [-0.3, -0.25) is 4.79 Å². The van der Waals surface area contributed by atoms with E-state index in [1.54, 1.807) is 11.6 Å². The summed E-state index contributed by atoms with van der Waals surface area (Å²) in [4.78, 5) is 11.3. The van der Waals surface area contributed by atoms with Crippen LogP contribution in [0.2, 0.25) is 0 Å². The normalized spacial score (nSPS) is 10.6. The molecule has 0 unspecified atom stereocenters. The number of rotatable bonds is 2. The Bertz CT molecular complexity index is 570. The third-order valence-corrected chi connectivity index (χ3v) is 2.96. The van der Waals surface area contributed by atoms with Crippen LogP contribution in [0.1, 0.15) is 27.3 Å². The summed E-state index contributed by atoms with van der Waals surface area (Å²) in [5.74, 6) is 0. The molecule has 0 saturated heterocycles. The molecule has 2 rings (SSSR count). The molecular weight excluding hydrogens is 236 g/mol. The van der Waals surface area contributed by atoms with Crippen LogP contribution in [-0.4, -0.2) is 15.0 Å². The summed E-state index contributed by atoms with van der Waals surface area (Å²) in [7, 11) is 0. The third kappa shape index (κ3) is 2.11. The Labute approximate surface area is 105 Å². The van der Waals surface area contributed by atoms with E-state index >= 15 is 0 Å². The molecule has 1 heterocycles. The fourth-order valence-corrected chi connectivity index (χ4v) is 2.14. The highest BCUT2D eigenvalue weighted by Crippen LogP contribution is 2.19. The summed E-state index contributed by atoms with van der Waals surface area (Å²) in [6, 6.07) is 7.95. The molecule has 2 aromatic rings. The van der Waals surface area contributed by atoms with Crippen LogP contribution in [0.4, 0.5) is 0 Å². The minimum Gasteiger partial charge on any atom is -0.275 e. The number of hydrogen-bond acceptors (Lipinski definition) is 2. The van der Waals surface area contributed by atoms with Crippen LogP contribution in [0, 0.1) is 20.8 Å². The minimum atomic E-state index is -0.460. The van der Waals surface area contributed by atoms with Gasteiger partial charge in [0.2, 0.25) is 0 Å². The quantitative estimate of drug-likeness (QED) is 0.765. The van der Waals surface area contributed by atoms with Crippen LogP contribution in [0.5, 0.6) is 0 Å². The molecule has 0 aliphatic rings. The van der Waals surface area contributed by atoms with Crippen molar-refractivity contribution < 1.29 is 4.79 Å². The largest absolute Gasteiger partial charge is 0.275 e. The van der Waals surface area contributed by atoms with Gasteiger partial charge < -0.3 is 0 Å². The minimum absolute atomic E-state index is 0.460. The van der Waals surface area contributed by atoms with E-state index in [1.165, 1.54) is 5.56 Å². The molecular formula is C13H13ClN2O. The second kappa shape index (κ2) is 4.34. The van der Waals surface area contributed by atoms with Crippen molar-refractivity contribution in [3.05, 3.63) is 46.8 Å². The Morgan fingerprint density at radius 2 is 1.76 bits per heavy atom. The highest BCUT2D eigenvalue weighted by molar-refractivity contribution is 6.68. The standard InChI is InChI=1S/C13H13ClN2O/c1-8-4-6-11(7-5-8)16-10(3)12(13(14)17)9(2)15-16/h4-7H,1-3H3. The molecule has 0 spiro atoms. The van der Waals surface area contributed by atoms with Crippen molar-refractivity contribution in [1.82, 2.24) is 9.78 Å². The molecule has 88 valence electrons. The molecule has 0 radical (unpaired) electrons. The van der Waals surface area contributed by atoms with Gasteiger partial charge in [0, 0.05) is 0 Å². The molecule has 4 heteroatoms. The van der Waals surface area contributed by atoms with Gasteiger partial charge in [-0.05, 0) is 44.5 Å². The number of carbonyl (C=O) groups excluding carboxylic acids is 1. The molecule has 1 aromatic carbocycles. The van der Waals surface area contributed by atoms with Gasteiger partial charge in [0.25, 0.3) is 5.24 Å². The number of halogens is 1. The first-order valence-corrected chi connectivity index (χ1v) is 5.71. The lowest BCUT2D eigenvalue weighted by molar-refractivity contribution is 0.108. The monoisotopic (exact) mass is 248 g/mol. The first-order valence-electron chi connectivity index (χ1n) is 5.34. The van der Waals surface area contributed by atoms with Crippen molar-refractivity contribution in [2.45, 2.75) is 20.8 Å². The van der Waals surface area contributed by atoms with Gasteiger partial charge in [0.15, 0.2) is 0 Å². The van der Waals surface area contributed by atoms with Gasteiger partial charge >= 0.3 is 0 Å². The second-order valence-electron chi connectivity index (χ2n) is 4.07. The van der Waals surface area contributed by atoms with E-state index in [0.29, 0.717) is 11.3 Å². The van der Waals surface area contributed by atoms with E-state index in [1.807, 2.05) is 38.1 Å². The van der Waals surface area contributed by atoms with Crippen LogP contribution in [-0.2, 0) is 0 Å². The third-order valence-electron chi connectivity index (χ3n) is 2.77. The number of nitrogens with zero attached hydrogens (tertiary/aromatic N) is 2. The van der Waals surface area contributed by atoms with Crippen molar-refractivity contribution in [1.29, 1.82) is 0 Å². The van der Waals surface area contributed by atoms with Crippen molar-refractivity contribution in [3.63, 3.8) is 0 Å². The van der Waals surface area contributed by atoms with Gasteiger partial charge in [-0.1, -0.05) is 17.7 Å². The first-order chi connectivity index (χ1) is 8.00. The maximum Gasteiger partial charge on any atom is 0.256 e. The van der Waals surface area contributed by atoms with Gasteiger partial charge in [-0.25, -0.2) is 4.68 Å². The van der Waals surface area contributed by atoms with Crippen LogP contribution in [0.25, 0.3) is 5.69 Å². The lowest BCUT2D eigenvalue weighted by Crippen LogP contribution is -2.00. The topological polar surface area (TPSA) is 34.9 Å². The first kappa shape index (κ1) is 11.9. The molecule has 0 saturated carbocycles. The average molecular weight is 249 g/mol. The zero-order valence-corrected chi connectivity index (χ0v) is 10.7. The van der Waals surface area contributed by atoms with Gasteiger partial charge in [0.05, 0.1) is 22.6 Å². The molecule has 17 heavy (non-hydrogen) atoms. The van der Waals surface area contributed by atoms with E-state index in [2.05, 4.69) is 5.10 Å². The smallest absolute Gasteiger partial charge is 0.256 e. The average Bonchev–Trinajstić information content (AvgIpc) is 2.55. The van der Waals surface area contributed by atoms with Gasteiger partial charge in [0.1, 0.15) is 0 Å². The number of benzene rings is 1. The fraction of sp³-hybridized carbons (Fsp3) is 0.231. The maximum absolute atomic E-state index is 11.3. The van der Waals surface area contributed by atoms with Crippen molar-refractivity contribution in [2.75, 3.05) is 0 Å². The lowest BCUT2D eigenvalue weighted by Gasteiger charge is -2.04. The van der Waals surface area contributed by atoms with E-state index in [4.69, 9.17) is 11.6 Å². The summed E-state index contributed by atoms with van der Waals surface area (Å²) in [6.07, 6.45) is 0. The summed E-state index contributed by atoms with van der Waals surface area (Å²) >= 11 is 5.55. The second-order valence-corrected chi connectivity index (χ2v) is 4.41. The summed E-state index contributed by atoms with van der Waals surface area (Å²) in [6.45, 7) is 5.65. The van der Waals surface area contributed by atoms with Crippen molar-refractivity contribution in [2.24, 2.45) is 0 Å². The molecule has 1 aromatic heterocycles. The molecule has 0 N–H and O–H groups in total. The number of aryl methyl sites for hydroxylation is 2. The Kier molecular flexibility index (Phi) is 3.03. The van der Waals surface area contributed by atoms with Gasteiger partial charge in [-0.2, -0.15) is 5.10 Å². The summed E-state index contributed by atoms with van der Waals surface area (Å²) < 4.78 is 1.74. The fourth-order valence-electron chi connectivity index (χ4n) is 1.86. The summed E-state index contributed by atoms with van der Waals surface area (Å²) in [5.41, 5.74) is 4.03. The number of hydrogen-bond donors (Lipinski definition) is 0. The van der Waals surface area contributed by atoms with E-state index in [0.717, 1.165) is 11.4 Å². The maximum atomic E-state index is 11.3. The molecule has 0 aliphatic heterocycles. The Morgan fingerprint density at radius 3 is 2.24 bits per heavy atom. The van der Waals surface area contributed by atoms with E-state index in [-0.39, 0.29) is 0 Å². The summed E-state index contributed by atoms with van der Waals surface area (Å²) in [5, 5.41) is 3.88. The van der Waals surface area contributed by atoms with Gasteiger partial charge in [-0.15, -0.1) is 0 Å². The molecule has 0 amide bonds. The van der Waals surface area contributed by atoms with Crippen LogP contribution in [0.15, 0.2) is 24.3 Å². The molecule has 0 bridgehead atoms. The predicted octanol–water partition coefficient (Wildman–Crippen LogP) is 3.18. The zero-order chi connectivity index (χ0) is 12.6. The zero-order valence-electron chi connectivity index (χ0n) is 9.99. The van der Waals surface area contributed by atoms with Crippen molar-refractivity contribution >= 4 is 16.8 Å². The van der Waals surface area contributed by atoms with Crippen molar-refractivity contribution in [3.8, 4) is 5.69 Å². The van der Waals surface area contributed by atoms with Crippen LogP contribution in [0.3, 0.4) is 0 Å². The molecule has 3 nitrogen and oxygen atoms in total. The molecule has 0 fully saturated rings. The van der Waals surface area contributed by atoms with E-state index < -0.39 is 5.24 Å². The Hall–Kier alpha value is -1.61. The Morgan fingerprint density at radius 1 is 1.18 bits per heavy atom. The number of carbonyl (C=O) groups is 1. The number of aromatic nitrogens is 2. The molecule has 0 atom stereocenters. The Balaban J connectivity index is 2.57. The SMILES string of the molecule is Cc1ccc(-n2nc(C)c(C(=O)Cl)c2C)cc1. The lowest BCUT2D eigenvalue weighted by atomic mass is 10.2. The van der Waals surface area contributed by atoms with Crippen LogP contribution >= 0.6 is 11.6 Å². The highest BCUT2D eigenvalue weighted by atomic mass is 35.5. The van der Waals surface area contributed by atoms with Crippen LogP contribution < -0.4 is 0 Å². The molecule has 0 aliphatic carbocycles.